The van der Waals surface area contributed by atoms with E-state index in [2.05, 4.69) is 23.8 Å². The summed E-state index contributed by atoms with van der Waals surface area (Å²) in [6.45, 7) is 4.12. The molecule has 3 nitrogen and oxygen atoms in total. The van der Waals surface area contributed by atoms with Crippen molar-refractivity contribution in [2.75, 3.05) is 0 Å². The van der Waals surface area contributed by atoms with Crippen molar-refractivity contribution >= 4 is 12.2 Å². The third-order valence-electron chi connectivity index (χ3n) is 2.71. The van der Waals surface area contributed by atoms with Crippen molar-refractivity contribution in [2.45, 2.75) is 19.8 Å². The van der Waals surface area contributed by atoms with Gasteiger partial charge in [0.15, 0.2) is 0 Å². The average Bonchev–Trinajstić information content (AvgIpc) is 2.37. The van der Waals surface area contributed by atoms with Gasteiger partial charge in [0, 0.05) is 12.4 Å². The van der Waals surface area contributed by atoms with Crippen LogP contribution in [0, 0.1) is 0 Å². The molecule has 3 heteroatoms. The van der Waals surface area contributed by atoms with E-state index in [0.717, 1.165) is 16.8 Å². The van der Waals surface area contributed by atoms with Crippen molar-refractivity contribution in [1.29, 1.82) is 0 Å². The summed E-state index contributed by atoms with van der Waals surface area (Å²) in [7, 11) is 0. The summed E-state index contributed by atoms with van der Waals surface area (Å²) >= 11 is 0. The molecule has 1 heterocycles. The molecular weight excluding hydrogens is 224 g/mol. The zero-order chi connectivity index (χ0) is 13.0. The lowest BCUT2D eigenvalue weighted by Gasteiger charge is -2.08. The summed E-state index contributed by atoms with van der Waals surface area (Å²) in [6.07, 6.45) is 8.77. The topological polar surface area (TPSA) is 46.0 Å². The molecule has 1 N–H and O–H groups in total. The molecule has 0 fully saturated rings. The lowest BCUT2D eigenvalue weighted by molar-refractivity contribution is 0.465. The highest BCUT2D eigenvalue weighted by atomic mass is 16.3. The van der Waals surface area contributed by atoms with E-state index in [4.69, 9.17) is 0 Å². The van der Waals surface area contributed by atoms with Crippen LogP contribution in [0.1, 0.15) is 36.6 Å². The highest BCUT2D eigenvalue weighted by molar-refractivity contribution is 5.68. The molecule has 0 saturated heterocycles. The largest absolute Gasteiger partial charge is 0.508 e. The number of hydrogen-bond acceptors (Lipinski definition) is 3. The van der Waals surface area contributed by atoms with Crippen LogP contribution >= 0.6 is 0 Å². The summed E-state index contributed by atoms with van der Waals surface area (Å²) in [5, 5.41) is 9.90. The van der Waals surface area contributed by atoms with E-state index in [9.17, 15) is 5.11 Å². The molecule has 0 unspecified atom stereocenters. The zero-order valence-corrected chi connectivity index (χ0v) is 10.5. The maximum atomic E-state index is 9.90. The van der Waals surface area contributed by atoms with Crippen LogP contribution in [0.3, 0.4) is 0 Å². The van der Waals surface area contributed by atoms with Crippen molar-refractivity contribution in [3.8, 4) is 5.75 Å². The van der Waals surface area contributed by atoms with Crippen LogP contribution in [0.4, 0.5) is 0 Å². The summed E-state index contributed by atoms with van der Waals surface area (Å²) in [6, 6.07) is 5.71. The van der Waals surface area contributed by atoms with Gasteiger partial charge in [-0.1, -0.05) is 32.1 Å². The van der Waals surface area contributed by atoms with Crippen LogP contribution in [0.2, 0.25) is 0 Å². The molecule has 0 bridgehead atoms. The maximum Gasteiger partial charge on any atom is 0.119 e. The molecule has 0 spiro atoms. The van der Waals surface area contributed by atoms with Crippen molar-refractivity contribution < 1.29 is 5.11 Å². The molecule has 18 heavy (non-hydrogen) atoms. The Morgan fingerprint density at radius 2 is 2.00 bits per heavy atom. The van der Waals surface area contributed by atoms with Gasteiger partial charge < -0.3 is 5.11 Å². The quantitative estimate of drug-likeness (QED) is 0.893. The lowest BCUT2D eigenvalue weighted by Crippen LogP contribution is -1.88. The maximum absolute atomic E-state index is 9.90. The first kappa shape index (κ1) is 12.3. The number of benzene rings is 1. The number of phenols is 1. The third-order valence-corrected chi connectivity index (χ3v) is 2.71. The normalized spacial score (nSPS) is 11.3. The van der Waals surface area contributed by atoms with E-state index < -0.39 is 0 Å². The molecule has 0 atom stereocenters. The van der Waals surface area contributed by atoms with Crippen molar-refractivity contribution in [1.82, 2.24) is 9.97 Å². The molecule has 0 aliphatic rings. The number of phenolic OH excluding ortho intramolecular Hbond substituents is 1. The second-order valence-corrected chi connectivity index (χ2v) is 4.44. The highest BCUT2D eigenvalue weighted by Gasteiger charge is 2.05. The van der Waals surface area contributed by atoms with Gasteiger partial charge in [-0.25, -0.2) is 0 Å². The minimum Gasteiger partial charge on any atom is -0.508 e. The zero-order valence-electron chi connectivity index (χ0n) is 10.5. The highest BCUT2D eigenvalue weighted by Crippen LogP contribution is 2.26. The average molecular weight is 240 g/mol. The Morgan fingerprint density at radius 3 is 2.61 bits per heavy atom. The number of aromatic hydroxyl groups is 1. The van der Waals surface area contributed by atoms with E-state index in [1.807, 2.05) is 24.3 Å². The molecule has 0 amide bonds. The molecule has 92 valence electrons. The standard InChI is InChI=1S/C15H16N2O/c1-11(2)14-6-4-12(9-15(14)18)3-5-13-10-16-7-8-17-13/h3-11,18H,1-2H3/b5-3+. The molecule has 1 aromatic carbocycles. The molecule has 0 aliphatic heterocycles. The molecule has 2 rings (SSSR count). The fraction of sp³-hybridized carbons (Fsp3) is 0.200. The number of hydrogen-bond donors (Lipinski definition) is 1. The summed E-state index contributed by atoms with van der Waals surface area (Å²) < 4.78 is 0. The molecular formula is C15H16N2O. The minimum atomic E-state index is 0.322. The van der Waals surface area contributed by atoms with Crippen molar-refractivity contribution in [3.05, 3.63) is 53.6 Å². The van der Waals surface area contributed by atoms with Crippen molar-refractivity contribution in [2.24, 2.45) is 0 Å². The smallest absolute Gasteiger partial charge is 0.119 e. The van der Waals surface area contributed by atoms with Crippen LogP contribution in [-0.4, -0.2) is 15.1 Å². The molecule has 2 aromatic rings. The first-order valence-corrected chi connectivity index (χ1v) is 5.94. The Bertz CT molecular complexity index is 548. The van der Waals surface area contributed by atoms with Gasteiger partial charge in [0.25, 0.3) is 0 Å². The molecule has 0 saturated carbocycles. The minimum absolute atomic E-state index is 0.322. The Morgan fingerprint density at radius 1 is 1.17 bits per heavy atom. The number of aromatic nitrogens is 2. The van der Waals surface area contributed by atoms with Crippen LogP contribution in [0.25, 0.3) is 12.2 Å². The van der Waals surface area contributed by atoms with Crippen LogP contribution < -0.4 is 0 Å². The Kier molecular flexibility index (Phi) is 3.72. The fourth-order valence-corrected chi connectivity index (χ4v) is 1.73. The summed E-state index contributed by atoms with van der Waals surface area (Å²) in [4.78, 5) is 8.14. The van der Waals surface area contributed by atoms with Gasteiger partial charge in [-0.3, -0.25) is 9.97 Å². The predicted octanol–water partition coefficient (Wildman–Crippen LogP) is 3.48. The van der Waals surface area contributed by atoms with Crippen molar-refractivity contribution in [3.63, 3.8) is 0 Å². The van der Waals surface area contributed by atoms with Gasteiger partial charge in [-0.05, 0) is 29.2 Å². The summed E-state index contributed by atoms with van der Waals surface area (Å²) in [5.74, 6) is 0.661. The first-order valence-electron chi connectivity index (χ1n) is 5.94. The number of nitrogens with zero attached hydrogens (tertiary/aromatic N) is 2. The van der Waals surface area contributed by atoms with E-state index in [1.54, 1.807) is 24.7 Å². The van der Waals surface area contributed by atoms with Gasteiger partial charge in [-0.2, -0.15) is 0 Å². The van der Waals surface area contributed by atoms with Crippen LogP contribution in [0.15, 0.2) is 36.8 Å². The van der Waals surface area contributed by atoms with Crippen LogP contribution in [-0.2, 0) is 0 Å². The lowest BCUT2D eigenvalue weighted by atomic mass is 10.0. The molecule has 0 radical (unpaired) electrons. The van der Waals surface area contributed by atoms with E-state index >= 15 is 0 Å². The van der Waals surface area contributed by atoms with Gasteiger partial charge >= 0.3 is 0 Å². The van der Waals surface area contributed by atoms with E-state index in [0.29, 0.717) is 11.7 Å². The second kappa shape index (κ2) is 5.45. The Balaban J connectivity index is 2.21. The first-order chi connectivity index (χ1) is 8.66. The van der Waals surface area contributed by atoms with Gasteiger partial charge in [0.2, 0.25) is 0 Å². The summed E-state index contributed by atoms with van der Waals surface area (Å²) in [5.41, 5.74) is 2.71. The molecule has 1 aromatic heterocycles. The Hall–Kier alpha value is -2.16. The predicted molar refractivity (Wildman–Crippen MR) is 73.2 cm³/mol. The SMILES string of the molecule is CC(C)c1ccc(/C=C/c2cnccn2)cc1O. The third kappa shape index (κ3) is 2.94. The van der Waals surface area contributed by atoms with E-state index in [-0.39, 0.29) is 0 Å². The fourth-order valence-electron chi connectivity index (χ4n) is 1.73. The Labute approximate surface area is 107 Å². The number of rotatable bonds is 3. The van der Waals surface area contributed by atoms with Crippen LogP contribution in [0.5, 0.6) is 5.75 Å². The van der Waals surface area contributed by atoms with E-state index in [1.165, 1.54) is 0 Å². The van der Waals surface area contributed by atoms with Gasteiger partial charge in [0.1, 0.15) is 5.75 Å². The second-order valence-electron chi connectivity index (χ2n) is 4.44. The van der Waals surface area contributed by atoms with Gasteiger partial charge in [-0.15, -0.1) is 0 Å². The molecule has 0 aliphatic carbocycles. The van der Waals surface area contributed by atoms with Gasteiger partial charge in [0.05, 0.1) is 11.9 Å². The monoisotopic (exact) mass is 240 g/mol.